The zero-order valence-corrected chi connectivity index (χ0v) is 41.1. The van der Waals surface area contributed by atoms with Crippen LogP contribution in [0, 0.1) is 0 Å². The van der Waals surface area contributed by atoms with Crippen LogP contribution in [0.25, 0.3) is 11.4 Å². The minimum absolute atomic E-state index is 0.262. The van der Waals surface area contributed by atoms with Gasteiger partial charge in [0.25, 0.3) is 11.8 Å². The molecule has 2 amide bonds. The maximum atomic E-state index is 13.2. The molecule has 2 aromatic carbocycles. The predicted molar refractivity (Wildman–Crippen MR) is 272 cm³/mol. The van der Waals surface area contributed by atoms with Crippen LogP contribution in [0.15, 0.2) is 59.7 Å². The van der Waals surface area contributed by atoms with Crippen LogP contribution in [-0.4, -0.2) is 25.0 Å². The van der Waals surface area contributed by atoms with Gasteiger partial charge in [-0.15, -0.1) is 0 Å². The van der Waals surface area contributed by atoms with E-state index in [1.807, 2.05) is 48.5 Å². The average Bonchev–Trinajstić information content (AvgIpc) is 3.85. The third-order valence-corrected chi connectivity index (χ3v) is 13.5. The molecule has 2 aromatic rings. The van der Waals surface area contributed by atoms with Gasteiger partial charge in [0, 0.05) is 0 Å². The molecule has 0 fully saturated rings. The summed E-state index contributed by atoms with van der Waals surface area (Å²) < 4.78 is 12.1. The second kappa shape index (κ2) is 34.8. The van der Waals surface area contributed by atoms with E-state index in [0.29, 0.717) is 35.8 Å². The molecule has 0 spiro atoms. The molecule has 0 saturated carbocycles. The molecule has 64 heavy (non-hydrogen) atoms. The average molecular weight is 881 g/mol. The summed E-state index contributed by atoms with van der Waals surface area (Å²) in [7, 11) is 0. The van der Waals surface area contributed by atoms with Crippen LogP contribution >= 0.6 is 0 Å². The van der Waals surface area contributed by atoms with Crippen molar-refractivity contribution in [2.24, 2.45) is 0 Å². The Bertz CT molecular complexity index is 1470. The van der Waals surface area contributed by atoms with E-state index in [-0.39, 0.29) is 11.8 Å². The first-order valence-electron chi connectivity index (χ1n) is 27.2. The molecule has 6 nitrogen and oxygen atoms in total. The molecule has 0 aromatic heterocycles. The van der Waals surface area contributed by atoms with Crippen LogP contribution in [0.4, 0.5) is 0 Å². The van der Waals surface area contributed by atoms with Gasteiger partial charge >= 0.3 is 0 Å². The highest BCUT2D eigenvalue weighted by Gasteiger charge is 2.40. The Labute approximate surface area is 392 Å². The van der Waals surface area contributed by atoms with Gasteiger partial charge in [-0.05, 0) is 72.5 Å². The van der Waals surface area contributed by atoms with Crippen molar-refractivity contribution < 1.29 is 19.1 Å². The Morgan fingerprint density at radius 3 is 0.766 bits per heavy atom. The molecule has 2 heterocycles. The van der Waals surface area contributed by atoms with Crippen molar-refractivity contribution in [2.45, 2.75) is 245 Å². The van der Waals surface area contributed by atoms with Crippen molar-refractivity contribution in [3.8, 4) is 11.5 Å². The summed E-state index contributed by atoms with van der Waals surface area (Å²) in [5.74, 6) is 1.09. The molecule has 0 atom stereocenters. The number of hydrogen-bond donors (Lipinski definition) is 2. The second-order valence-electron chi connectivity index (χ2n) is 19.2. The fraction of sp³-hybridized carbons (Fsp3) is 0.690. The Morgan fingerprint density at radius 2 is 0.531 bits per heavy atom. The van der Waals surface area contributed by atoms with Gasteiger partial charge in [-0.1, -0.05) is 232 Å². The van der Waals surface area contributed by atoms with Gasteiger partial charge in [0.05, 0.1) is 35.8 Å². The lowest BCUT2D eigenvalue weighted by molar-refractivity contribution is -0.117. The van der Waals surface area contributed by atoms with Crippen LogP contribution in [0.3, 0.4) is 0 Å². The van der Waals surface area contributed by atoms with Crippen LogP contribution in [0.2, 0.25) is 0 Å². The quantitative estimate of drug-likeness (QED) is 0.0651. The van der Waals surface area contributed by atoms with Gasteiger partial charge < -0.3 is 20.1 Å². The standard InChI is InChI=1S/C58H92N2O4/c1-3-5-7-9-11-13-15-17-19-21-23-25-27-29-31-33-35-37-47-63-51-43-39-49(40-44-51)55-53-54(58(62)59-55)56(60-57(53)61)50-41-45-52(46-42-50)64-48-38-36-34-32-30-28-26-24-22-20-18-16-14-12-10-8-6-4-2/h39-46H,3-38,47-48H2,1-2H3,(H,59,62)(H,60,61). The number of fused-ring (bicyclic) bond motifs is 1. The first-order valence-corrected chi connectivity index (χ1v) is 27.2. The van der Waals surface area contributed by atoms with Crippen molar-refractivity contribution >= 4 is 23.2 Å². The number of hydrogen-bond acceptors (Lipinski definition) is 4. The summed E-state index contributed by atoms with van der Waals surface area (Å²) in [6.45, 7) is 5.98. The zero-order valence-electron chi connectivity index (χ0n) is 41.1. The van der Waals surface area contributed by atoms with Gasteiger partial charge in [0.15, 0.2) is 0 Å². The number of nitrogens with one attached hydrogen (secondary N) is 2. The molecule has 2 N–H and O–H groups in total. The highest BCUT2D eigenvalue weighted by atomic mass is 16.5. The van der Waals surface area contributed by atoms with Crippen LogP contribution in [0.5, 0.6) is 11.5 Å². The number of benzene rings is 2. The second-order valence-corrected chi connectivity index (χ2v) is 19.2. The smallest absolute Gasteiger partial charge is 0.258 e. The van der Waals surface area contributed by atoms with Crippen molar-refractivity contribution in [2.75, 3.05) is 13.2 Å². The molecule has 2 aliphatic heterocycles. The molecular formula is C58H92N2O4. The molecule has 0 aliphatic carbocycles. The summed E-state index contributed by atoms with van der Waals surface area (Å²) in [6.07, 6.45) is 49.2. The van der Waals surface area contributed by atoms with Gasteiger partial charge in [0.2, 0.25) is 0 Å². The van der Waals surface area contributed by atoms with Crippen molar-refractivity contribution in [1.82, 2.24) is 10.6 Å². The SMILES string of the molecule is CCCCCCCCCCCCCCCCCCCCOc1ccc(C2=C3C(=O)NC(c4ccc(OCCCCCCCCCCCCCCCCCCCC)cc4)=C3C(=O)N2)cc1. The van der Waals surface area contributed by atoms with Gasteiger partial charge in [-0.2, -0.15) is 0 Å². The summed E-state index contributed by atoms with van der Waals surface area (Å²) in [5, 5.41) is 5.95. The predicted octanol–water partition coefficient (Wildman–Crippen LogP) is 16.9. The lowest BCUT2D eigenvalue weighted by Gasteiger charge is -2.10. The van der Waals surface area contributed by atoms with Crippen LogP contribution < -0.4 is 20.1 Å². The van der Waals surface area contributed by atoms with E-state index in [2.05, 4.69) is 24.5 Å². The van der Waals surface area contributed by atoms with Crippen molar-refractivity contribution in [3.63, 3.8) is 0 Å². The maximum Gasteiger partial charge on any atom is 0.258 e. The number of unbranched alkanes of at least 4 members (excludes halogenated alkanes) is 34. The molecule has 6 heteroatoms. The molecule has 0 saturated heterocycles. The molecule has 0 unspecified atom stereocenters. The van der Waals surface area contributed by atoms with Crippen molar-refractivity contribution in [1.29, 1.82) is 0 Å². The minimum atomic E-state index is -0.262. The molecule has 0 radical (unpaired) electrons. The van der Waals surface area contributed by atoms with Crippen molar-refractivity contribution in [3.05, 3.63) is 70.8 Å². The lowest BCUT2D eigenvalue weighted by atomic mass is 10.0. The fourth-order valence-corrected chi connectivity index (χ4v) is 9.44. The van der Waals surface area contributed by atoms with E-state index in [0.717, 1.165) is 35.5 Å². The zero-order chi connectivity index (χ0) is 45.1. The topological polar surface area (TPSA) is 76.7 Å². The third kappa shape index (κ3) is 21.6. The fourth-order valence-electron chi connectivity index (χ4n) is 9.44. The summed E-state index contributed by atoms with van der Waals surface area (Å²) in [5.41, 5.74) is 3.49. The summed E-state index contributed by atoms with van der Waals surface area (Å²) >= 11 is 0. The monoisotopic (exact) mass is 881 g/mol. The van der Waals surface area contributed by atoms with Gasteiger partial charge in [-0.3, -0.25) is 9.59 Å². The number of ether oxygens (including phenoxy) is 2. The van der Waals surface area contributed by atoms with E-state index in [1.165, 1.54) is 218 Å². The summed E-state index contributed by atoms with van der Waals surface area (Å²) in [4.78, 5) is 26.5. The maximum absolute atomic E-state index is 13.2. The number of carbonyl (C=O) groups excluding carboxylic acids is 2. The normalized spacial score (nSPS) is 13.5. The largest absolute Gasteiger partial charge is 0.494 e. The Morgan fingerprint density at radius 1 is 0.312 bits per heavy atom. The lowest BCUT2D eigenvalue weighted by Crippen LogP contribution is -2.21. The number of amides is 2. The molecule has 4 rings (SSSR count). The number of carbonyl (C=O) groups is 2. The van der Waals surface area contributed by atoms with E-state index in [9.17, 15) is 9.59 Å². The highest BCUT2D eigenvalue weighted by Crippen LogP contribution is 2.38. The van der Waals surface area contributed by atoms with Crippen LogP contribution in [0.1, 0.15) is 256 Å². The van der Waals surface area contributed by atoms with E-state index >= 15 is 0 Å². The minimum Gasteiger partial charge on any atom is -0.494 e. The first kappa shape index (κ1) is 53.1. The van der Waals surface area contributed by atoms with Crippen LogP contribution in [-0.2, 0) is 9.59 Å². The molecule has 358 valence electrons. The van der Waals surface area contributed by atoms with E-state index < -0.39 is 0 Å². The number of rotatable bonds is 42. The molecule has 0 bridgehead atoms. The molecular weight excluding hydrogens is 789 g/mol. The molecule has 2 aliphatic rings. The Balaban J connectivity index is 1.02. The van der Waals surface area contributed by atoms with Gasteiger partial charge in [0.1, 0.15) is 11.5 Å². The third-order valence-electron chi connectivity index (χ3n) is 13.5. The van der Waals surface area contributed by atoms with E-state index in [4.69, 9.17) is 9.47 Å². The Hall–Kier alpha value is -3.54. The van der Waals surface area contributed by atoms with E-state index in [1.54, 1.807) is 0 Å². The van der Waals surface area contributed by atoms with Gasteiger partial charge in [-0.25, -0.2) is 0 Å². The summed E-state index contributed by atoms with van der Waals surface area (Å²) in [6, 6.07) is 15.4. The highest BCUT2D eigenvalue weighted by molar-refractivity contribution is 6.30. The first-order chi connectivity index (χ1) is 31.6. The Kier molecular flexibility index (Phi) is 28.8.